The highest BCUT2D eigenvalue weighted by Crippen LogP contribution is 2.37. The van der Waals surface area contributed by atoms with Crippen molar-refractivity contribution in [1.82, 2.24) is 4.98 Å². The minimum atomic E-state index is -4.18. The van der Waals surface area contributed by atoms with Crippen molar-refractivity contribution in [2.24, 2.45) is 5.92 Å². The Kier molecular flexibility index (Phi) is 4.17. The number of alkyl halides is 3. The standard InChI is InChI=1S/C14H16F3N3/c1-2-5-19-13-10(8-18)6-9-7-11(14(15,16)17)3-4-12(9)20-13/h6,11H,2-5,7H2,1H3,(H,19,20). The molecule has 1 aliphatic carbocycles. The third kappa shape index (κ3) is 3.03. The fraction of sp³-hybridized carbons (Fsp3) is 0.571. The number of anilines is 1. The summed E-state index contributed by atoms with van der Waals surface area (Å²) in [6.45, 7) is 2.68. The maximum atomic E-state index is 12.8. The molecule has 1 N–H and O–H groups in total. The van der Waals surface area contributed by atoms with Gasteiger partial charge >= 0.3 is 6.18 Å². The second kappa shape index (κ2) is 5.70. The summed E-state index contributed by atoms with van der Waals surface area (Å²) in [6, 6.07) is 3.56. The molecule has 1 aromatic heterocycles. The Balaban J connectivity index is 2.29. The number of pyridine rings is 1. The molecule has 20 heavy (non-hydrogen) atoms. The number of halogens is 3. The van der Waals surface area contributed by atoms with Crippen LogP contribution in [0.4, 0.5) is 19.0 Å². The van der Waals surface area contributed by atoms with Crippen molar-refractivity contribution >= 4 is 5.82 Å². The van der Waals surface area contributed by atoms with Crippen molar-refractivity contribution in [3.05, 3.63) is 22.9 Å². The summed E-state index contributed by atoms with van der Waals surface area (Å²) in [7, 11) is 0. The lowest BCUT2D eigenvalue weighted by Crippen LogP contribution is -2.29. The summed E-state index contributed by atoms with van der Waals surface area (Å²) in [6.07, 6.45) is -2.98. The molecular weight excluding hydrogens is 267 g/mol. The Morgan fingerprint density at radius 3 is 2.85 bits per heavy atom. The van der Waals surface area contributed by atoms with Crippen LogP contribution in [0.5, 0.6) is 0 Å². The lowest BCUT2D eigenvalue weighted by atomic mass is 9.85. The van der Waals surface area contributed by atoms with Crippen LogP contribution in [0.1, 0.15) is 36.6 Å². The second-order valence-corrected chi connectivity index (χ2v) is 5.01. The Labute approximate surface area is 115 Å². The molecule has 0 saturated carbocycles. The number of rotatable bonds is 3. The van der Waals surface area contributed by atoms with Crippen LogP contribution in [0.25, 0.3) is 0 Å². The third-order valence-electron chi connectivity index (χ3n) is 3.51. The minimum absolute atomic E-state index is 0.0720. The lowest BCUT2D eigenvalue weighted by molar-refractivity contribution is -0.177. The van der Waals surface area contributed by atoms with Crippen LogP contribution in [0.2, 0.25) is 0 Å². The normalized spacial score (nSPS) is 18.2. The molecule has 0 radical (unpaired) electrons. The zero-order valence-electron chi connectivity index (χ0n) is 11.2. The Bertz CT molecular complexity index is 532. The number of nitriles is 1. The summed E-state index contributed by atoms with van der Waals surface area (Å²) in [5.41, 5.74) is 1.56. The Hall–Kier alpha value is -1.77. The highest BCUT2D eigenvalue weighted by atomic mass is 19.4. The molecule has 1 heterocycles. The van der Waals surface area contributed by atoms with E-state index in [2.05, 4.69) is 10.3 Å². The van der Waals surface area contributed by atoms with Gasteiger partial charge in [0.2, 0.25) is 0 Å². The van der Waals surface area contributed by atoms with Crippen molar-refractivity contribution in [2.75, 3.05) is 11.9 Å². The van der Waals surface area contributed by atoms with Gasteiger partial charge in [-0.2, -0.15) is 18.4 Å². The molecule has 0 saturated heterocycles. The van der Waals surface area contributed by atoms with Crippen LogP contribution in [-0.2, 0) is 12.8 Å². The first-order valence-electron chi connectivity index (χ1n) is 6.69. The molecule has 6 heteroatoms. The zero-order chi connectivity index (χ0) is 14.8. The monoisotopic (exact) mass is 283 g/mol. The maximum absolute atomic E-state index is 12.8. The fourth-order valence-electron chi connectivity index (χ4n) is 2.41. The smallest absolute Gasteiger partial charge is 0.369 e. The van der Waals surface area contributed by atoms with E-state index in [9.17, 15) is 13.2 Å². The lowest BCUT2D eigenvalue weighted by Gasteiger charge is -2.26. The zero-order valence-corrected chi connectivity index (χ0v) is 11.2. The van der Waals surface area contributed by atoms with Gasteiger partial charge in [-0.15, -0.1) is 0 Å². The van der Waals surface area contributed by atoms with Crippen LogP contribution in [0.15, 0.2) is 6.07 Å². The van der Waals surface area contributed by atoms with Gasteiger partial charge in [0.15, 0.2) is 0 Å². The summed E-state index contributed by atoms with van der Waals surface area (Å²) in [5.74, 6) is -0.837. The molecule has 2 rings (SSSR count). The first kappa shape index (κ1) is 14.6. The third-order valence-corrected chi connectivity index (χ3v) is 3.51. The van der Waals surface area contributed by atoms with Crippen LogP contribution in [-0.4, -0.2) is 17.7 Å². The van der Waals surface area contributed by atoms with Crippen molar-refractivity contribution in [2.45, 2.75) is 38.8 Å². The van der Waals surface area contributed by atoms with E-state index >= 15 is 0 Å². The predicted molar refractivity (Wildman–Crippen MR) is 69.3 cm³/mol. The molecule has 0 bridgehead atoms. The highest BCUT2D eigenvalue weighted by molar-refractivity contribution is 5.54. The molecule has 1 aromatic rings. The molecular formula is C14H16F3N3. The highest BCUT2D eigenvalue weighted by Gasteiger charge is 2.41. The number of aryl methyl sites for hydroxylation is 1. The van der Waals surface area contributed by atoms with Gasteiger partial charge in [0.25, 0.3) is 0 Å². The van der Waals surface area contributed by atoms with Crippen molar-refractivity contribution in [1.29, 1.82) is 5.26 Å². The summed E-state index contributed by atoms with van der Waals surface area (Å²) in [4.78, 5) is 4.34. The van der Waals surface area contributed by atoms with Crippen molar-refractivity contribution < 1.29 is 13.2 Å². The average Bonchev–Trinajstić information content (AvgIpc) is 2.42. The second-order valence-electron chi connectivity index (χ2n) is 5.01. The number of aromatic nitrogens is 1. The summed E-state index contributed by atoms with van der Waals surface area (Å²) >= 11 is 0. The molecule has 0 amide bonds. The Morgan fingerprint density at radius 1 is 1.50 bits per heavy atom. The van der Waals surface area contributed by atoms with Crippen molar-refractivity contribution in [3.8, 4) is 6.07 Å². The molecule has 108 valence electrons. The van der Waals surface area contributed by atoms with E-state index in [1.165, 1.54) is 0 Å². The van der Waals surface area contributed by atoms with Gasteiger partial charge in [0.1, 0.15) is 11.9 Å². The molecule has 0 aliphatic heterocycles. The molecule has 1 unspecified atom stereocenters. The molecule has 0 spiro atoms. The van der Waals surface area contributed by atoms with Crippen LogP contribution in [0, 0.1) is 17.2 Å². The number of hydrogen-bond acceptors (Lipinski definition) is 3. The summed E-state index contributed by atoms with van der Waals surface area (Å²) in [5, 5.41) is 12.1. The average molecular weight is 283 g/mol. The molecule has 0 fully saturated rings. The van der Waals surface area contributed by atoms with Crippen LogP contribution in [0.3, 0.4) is 0 Å². The van der Waals surface area contributed by atoms with E-state index in [-0.39, 0.29) is 12.8 Å². The van der Waals surface area contributed by atoms with Crippen molar-refractivity contribution in [3.63, 3.8) is 0 Å². The fourth-order valence-corrected chi connectivity index (χ4v) is 2.41. The van der Waals surface area contributed by atoms with Gasteiger partial charge in [-0.1, -0.05) is 6.92 Å². The van der Waals surface area contributed by atoms with Gasteiger partial charge in [0, 0.05) is 12.2 Å². The topological polar surface area (TPSA) is 48.7 Å². The van der Waals surface area contributed by atoms with Crippen LogP contribution >= 0.6 is 0 Å². The first-order chi connectivity index (χ1) is 9.45. The van der Waals surface area contributed by atoms with Gasteiger partial charge < -0.3 is 5.32 Å². The molecule has 1 atom stereocenters. The van der Waals surface area contributed by atoms with E-state index in [1.54, 1.807) is 6.07 Å². The van der Waals surface area contributed by atoms with E-state index in [0.29, 0.717) is 35.6 Å². The first-order valence-corrected chi connectivity index (χ1v) is 6.69. The van der Waals surface area contributed by atoms with Crippen LogP contribution < -0.4 is 5.32 Å². The predicted octanol–water partition coefficient (Wildman–Crippen LogP) is 3.44. The number of hydrogen-bond donors (Lipinski definition) is 1. The molecule has 3 nitrogen and oxygen atoms in total. The molecule has 0 aromatic carbocycles. The van der Waals surface area contributed by atoms with Gasteiger partial charge in [-0.05, 0) is 37.3 Å². The van der Waals surface area contributed by atoms with E-state index in [4.69, 9.17) is 5.26 Å². The number of nitrogens with zero attached hydrogens (tertiary/aromatic N) is 2. The van der Waals surface area contributed by atoms with E-state index in [1.807, 2.05) is 13.0 Å². The molecule has 1 aliphatic rings. The van der Waals surface area contributed by atoms with E-state index in [0.717, 1.165) is 6.42 Å². The quantitative estimate of drug-likeness (QED) is 0.924. The number of nitrogens with one attached hydrogen (secondary N) is 1. The van der Waals surface area contributed by atoms with E-state index < -0.39 is 12.1 Å². The maximum Gasteiger partial charge on any atom is 0.392 e. The largest absolute Gasteiger partial charge is 0.392 e. The SMILES string of the molecule is CCCNc1nc2c(cc1C#N)CC(C(F)(F)F)CC2. The Morgan fingerprint density at radius 2 is 2.25 bits per heavy atom. The van der Waals surface area contributed by atoms with Gasteiger partial charge in [-0.3, -0.25) is 0 Å². The minimum Gasteiger partial charge on any atom is -0.369 e. The van der Waals surface area contributed by atoms with Gasteiger partial charge in [-0.25, -0.2) is 4.98 Å². The number of fused-ring (bicyclic) bond motifs is 1. The summed E-state index contributed by atoms with van der Waals surface area (Å²) < 4.78 is 38.3. The van der Waals surface area contributed by atoms with Gasteiger partial charge in [0.05, 0.1) is 11.5 Å².